The fourth-order valence-electron chi connectivity index (χ4n) is 2.75. The predicted octanol–water partition coefficient (Wildman–Crippen LogP) is 3.24. The number of hydrogen-bond acceptors (Lipinski definition) is 3. The van der Waals surface area contributed by atoms with E-state index >= 15 is 0 Å². The molecule has 1 heterocycles. The van der Waals surface area contributed by atoms with Crippen molar-refractivity contribution in [3.05, 3.63) is 59.9 Å². The van der Waals surface area contributed by atoms with E-state index in [0.29, 0.717) is 0 Å². The third-order valence-corrected chi connectivity index (χ3v) is 4.14. The molecule has 0 spiro atoms. The van der Waals surface area contributed by atoms with Gasteiger partial charge in [0.15, 0.2) is 5.96 Å². The summed E-state index contributed by atoms with van der Waals surface area (Å²) >= 11 is 0. The molecule has 26 heavy (non-hydrogen) atoms. The number of likely N-dealkylation sites (N-methyl/N-ethyl adjacent to an activating group) is 1. The maximum absolute atomic E-state index is 4.33. The summed E-state index contributed by atoms with van der Waals surface area (Å²) in [6.45, 7) is 7.91. The van der Waals surface area contributed by atoms with E-state index in [2.05, 4.69) is 63.6 Å². The zero-order valence-corrected chi connectivity index (χ0v) is 18.2. The van der Waals surface area contributed by atoms with Gasteiger partial charge in [-0.2, -0.15) is 0 Å². The van der Waals surface area contributed by atoms with Gasteiger partial charge in [-0.05, 0) is 37.6 Å². The van der Waals surface area contributed by atoms with Crippen LogP contribution in [0.25, 0.3) is 0 Å². The van der Waals surface area contributed by atoms with Crippen molar-refractivity contribution in [3.63, 3.8) is 0 Å². The van der Waals surface area contributed by atoms with Crippen molar-refractivity contribution in [1.29, 1.82) is 0 Å². The molecule has 0 aliphatic heterocycles. The SMILES string of the molecule is CCN(CCNC(=NC)NCCc1ccccn1)c1ccccc1C.I. The number of hydrogen-bond donors (Lipinski definition) is 2. The number of aliphatic imine (C=N–C) groups is 1. The average molecular weight is 467 g/mol. The quantitative estimate of drug-likeness (QED) is 0.356. The predicted molar refractivity (Wildman–Crippen MR) is 122 cm³/mol. The van der Waals surface area contributed by atoms with Crippen molar-refractivity contribution < 1.29 is 0 Å². The lowest BCUT2D eigenvalue weighted by Gasteiger charge is -2.25. The summed E-state index contributed by atoms with van der Waals surface area (Å²) in [6, 6.07) is 14.5. The van der Waals surface area contributed by atoms with E-state index in [0.717, 1.165) is 44.3 Å². The average Bonchev–Trinajstić information content (AvgIpc) is 2.65. The third kappa shape index (κ3) is 7.19. The Balaban J connectivity index is 0.00000338. The molecule has 0 atom stereocenters. The molecule has 0 fully saturated rings. The lowest BCUT2D eigenvalue weighted by Crippen LogP contribution is -2.42. The molecule has 0 amide bonds. The topological polar surface area (TPSA) is 52.5 Å². The third-order valence-electron chi connectivity index (χ3n) is 4.14. The van der Waals surface area contributed by atoms with Gasteiger partial charge in [-0.3, -0.25) is 9.98 Å². The summed E-state index contributed by atoms with van der Waals surface area (Å²) in [5, 5.41) is 6.73. The van der Waals surface area contributed by atoms with Crippen LogP contribution in [0, 0.1) is 6.92 Å². The van der Waals surface area contributed by atoms with Crippen LogP contribution in [0.2, 0.25) is 0 Å². The van der Waals surface area contributed by atoms with Crippen molar-refractivity contribution in [2.75, 3.05) is 38.1 Å². The number of nitrogens with one attached hydrogen (secondary N) is 2. The highest BCUT2D eigenvalue weighted by molar-refractivity contribution is 14.0. The number of aryl methyl sites for hydroxylation is 1. The van der Waals surface area contributed by atoms with Crippen molar-refractivity contribution in [1.82, 2.24) is 15.6 Å². The van der Waals surface area contributed by atoms with Crippen LogP contribution in [0.5, 0.6) is 0 Å². The lowest BCUT2D eigenvalue weighted by atomic mass is 10.2. The number of guanidine groups is 1. The standard InChI is InChI=1S/C20H29N5.HI/c1-4-25(19-11-6-5-9-17(19)2)16-15-24-20(21-3)23-14-12-18-10-7-8-13-22-18;/h5-11,13H,4,12,14-16H2,1-3H3,(H2,21,23,24);1H. The van der Waals surface area contributed by atoms with Gasteiger partial charge in [0.05, 0.1) is 0 Å². The summed E-state index contributed by atoms with van der Waals surface area (Å²) in [4.78, 5) is 11.0. The number of para-hydroxylation sites is 1. The smallest absolute Gasteiger partial charge is 0.191 e. The summed E-state index contributed by atoms with van der Waals surface area (Å²) in [7, 11) is 1.80. The highest BCUT2D eigenvalue weighted by Gasteiger charge is 2.06. The maximum atomic E-state index is 4.33. The van der Waals surface area contributed by atoms with Crippen LogP contribution in [0.3, 0.4) is 0 Å². The Morgan fingerprint density at radius 2 is 1.81 bits per heavy atom. The molecule has 0 aliphatic carbocycles. The Bertz CT molecular complexity index is 660. The zero-order chi connectivity index (χ0) is 17.9. The fraction of sp³-hybridized carbons (Fsp3) is 0.400. The number of anilines is 1. The first-order valence-corrected chi connectivity index (χ1v) is 8.89. The van der Waals surface area contributed by atoms with Gasteiger partial charge in [-0.15, -0.1) is 24.0 Å². The molecule has 6 heteroatoms. The number of benzene rings is 1. The Kier molecular flexibility index (Phi) is 10.7. The Morgan fingerprint density at radius 3 is 2.46 bits per heavy atom. The van der Waals surface area contributed by atoms with E-state index in [-0.39, 0.29) is 24.0 Å². The van der Waals surface area contributed by atoms with Crippen molar-refractivity contribution >= 4 is 35.6 Å². The molecule has 0 aliphatic rings. The van der Waals surface area contributed by atoms with Gasteiger partial charge < -0.3 is 15.5 Å². The number of halogens is 1. The number of aromatic nitrogens is 1. The van der Waals surface area contributed by atoms with Gasteiger partial charge in [0, 0.05) is 57.2 Å². The minimum absolute atomic E-state index is 0. The normalized spacial score (nSPS) is 10.8. The van der Waals surface area contributed by atoms with Gasteiger partial charge in [-0.25, -0.2) is 0 Å². The second kappa shape index (κ2) is 12.5. The Morgan fingerprint density at radius 1 is 1.08 bits per heavy atom. The van der Waals surface area contributed by atoms with E-state index in [1.54, 1.807) is 7.05 Å². The number of pyridine rings is 1. The van der Waals surface area contributed by atoms with Crippen molar-refractivity contribution in [3.8, 4) is 0 Å². The molecule has 0 bridgehead atoms. The van der Waals surface area contributed by atoms with Crippen molar-refractivity contribution in [2.45, 2.75) is 20.3 Å². The molecule has 1 aromatic carbocycles. The molecule has 5 nitrogen and oxygen atoms in total. The van der Waals surface area contributed by atoms with E-state index < -0.39 is 0 Å². The number of nitrogens with zero attached hydrogens (tertiary/aromatic N) is 3. The zero-order valence-electron chi connectivity index (χ0n) is 15.9. The minimum atomic E-state index is 0. The summed E-state index contributed by atoms with van der Waals surface area (Å²) in [5.74, 6) is 0.830. The molecular weight excluding hydrogens is 437 g/mol. The summed E-state index contributed by atoms with van der Waals surface area (Å²) in [5.41, 5.74) is 3.69. The molecule has 0 unspecified atom stereocenters. The largest absolute Gasteiger partial charge is 0.370 e. The monoisotopic (exact) mass is 467 g/mol. The van der Waals surface area contributed by atoms with Gasteiger partial charge in [-0.1, -0.05) is 24.3 Å². The highest BCUT2D eigenvalue weighted by atomic mass is 127. The van der Waals surface area contributed by atoms with Gasteiger partial charge in [0.25, 0.3) is 0 Å². The summed E-state index contributed by atoms with van der Waals surface area (Å²) < 4.78 is 0. The van der Waals surface area contributed by atoms with Crippen LogP contribution < -0.4 is 15.5 Å². The fourth-order valence-corrected chi connectivity index (χ4v) is 2.75. The van der Waals surface area contributed by atoms with Crippen LogP contribution in [-0.2, 0) is 6.42 Å². The molecule has 0 saturated heterocycles. The molecule has 2 aromatic rings. The van der Waals surface area contributed by atoms with E-state index in [1.807, 2.05) is 24.4 Å². The minimum Gasteiger partial charge on any atom is -0.370 e. The molecule has 1 aromatic heterocycles. The first-order valence-electron chi connectivity index (χ1n) is 8.89. The summed E-state index contributed by atoms with van der Waals surface area (Å²) in [6.07, 6.45) is 2.71. The molecular formula is C20H30IN5. The highest BCUT2D eigenvalue weighted by Crippen LogP contribution is 2.18. The Labute approximate surface area is 174 Å². The van der Waals surface area contributed by atoms with Crippen LogP contribution in [0.15, 0.2) is 53.7 Å². The first-order chi connectivity index (χ1) is 12.2. The van der Waals surface area contributed by atoms with Crippen LogP contribution in [0.4, 0.5) is 5.69 Å². The van der Waals surface area contributed by atoms with Crippen molar-refractivity contribution in [2.24, 2.45) is 4.99 Å². The van der Waals surface area contributed by atoms with Crippen LogP contribution >= 0.6 is 24.0 Å². The van der Waals surface area contributed by atoms with Gasteiger partial charge >= 0.3 is 0 Å². The van der Waals surface area contributed by atoms with E-state index in [9.17, 15) is 0 Å². The first kappa shape index (κ1) is 22.2. The second-order valence-corrected chi connectivity index (χ2v) is 5.86. The Hall–Kier alpha value is -1.83. The van der Waals surface area contributed by atoms with Gasteiger partial charge in [0.2, 0.25) is 0 Å². The molecule has 0 radical (unpaired) electrons. The second-order valence-electron chi connectivity index (χ2n) is 5.86. The van der Waals surface area contributed by atoms with Crippen LogP contribution in [-0.4, -0.2) is 44.2 Å². The molecule has 142 valence electrons. The van der Waals surface area contributed by atoms with Gasteiger partial charge in [0.1, 0.15) is 0 Å². The van der Waals surface area contributed by atoms with E-state index in [1.165, 1.54) is 11.3 Å². The number of rotatable bonds is 8. The molecule has 2 rings (SSSR count). The van der Waals surface area contributed by atoms with Crippen LogP contribution in [0.1, 0.15) is 18.2 Å². The molecule has 0 saturated carbocycles. The molecule has 2 N–H and O–H groups in total. The lowest BCUT2D eigenvalue weighted by molar-refractivity contribution is 0.743. The van der Waals surface area contributed by atoms with E-state index in [4.69, 9.17) is 0 Å². The maximum Gasteiger partial charge on any atom is 0.191 e.